The third-order valence-electron chi connectivity index (χ3n) is 7.16. The first-order valence-corrected chi connectivity index (χ1v) is 13.2. The molecule has 1 heterocycles. The lowest BCUT2D eigenvalue weighted by Gasteiger charge is -2.42. The van der Waals surface area contributed by atoms with Crippen LogP contribution in [-0.2, 0) is 4.79 Å². The van der Waals surface area contributed by atoms with Crippen molar-refractivity contribution < 1.29 is 28.5 Å². The summed E-state index contributed by atoms with van der Waals surface area (Å²) in [6.45, 7) is 0. The SMILES string of the molecule is COc1ccc([C@@H]2[C@@H](C(=O)Nc3cc(Cl)c(OC)cc3OC)c3ccccc3C(=O)N2c2ccc(OC)cc2)cc1. The summed E-state index contributed by atoms with van der Waals surface area (Å²) in [7, 11) is 6.17. The van der Waals surface area contributed by atoms with Crippen LogP contribution >= 0.6 is 11.6 Å². The standard InChI is InChI=1S/C32H29ClN2O6/c1-38-21-13-9-19(10-14-21)30-29(31(36)34-26-17-25(33)27(40-3)18-28(26)41-4)23-7-5-6-8-24(23)32(37)35(30)20-11-15-22(39-2)16-12-20/h5-18,29-30H,1-4H3,(H,34,36)/t29-,30+/m0/s1. The van der Waals surface area contributed by atoms with Gasteiger partial charge in [-0.2, -0.15) is 0 Å². The second kappa shape index (κ2) is 11.8. The molecule has 5 rings (SSSR count). The fraction of sp³-hybridized carbons (Fsp3) is 0.188. The monoisotopic (exact) mass is 572 g/mol. The minimum absolute atomic E-state index is 0.222. The summed E-state index contributed by atoms with van der Waals surface area (Å²) in [5.74, 6) is 0.738. The Morgan fingerprint density at radius 3 is 2.00 bits per heavy atom. The van der Waals surface area contributed by atoms with Crippen LogP contribution in [-0.4, -0.2) is 40.3 Å². The van der Waals surface area contributed by atoms with Gasteiger partial charge in [-0.25, -0.2) is 0 Å². The minimum Gasteiger partial charge on any atom is -0.497 e. The van der Waals surface area contributed by atoms with Crippen molar-refractivity contribution >= 4 is 34.8 Å². The number of ether oxygens (including phenoxy) is 4. The summed E-state index contributed by atoms with van der Waals surface area (Å²) in [5, 5.41) is 3.32. The fourth-order valence-electron chi connectivity index (χ4n) is 5.15. The second-order valence-corrected chi connectivity index (χ2v) is 9.74. The first kappa shape index (κ1) is 27.9. The van der Waals surface area contributed by atoms with Crippen LogP contribution in [0.4, 0.5) is 11.4 Å². The van der Waals surface area contributed by atoms with E-state index in [4.69, 9.17) is 30.5 Å². The number of halogens is 1. The minimum atomic E-state index is -0.801. The number of nitrogens with zero attached hydrogens (tertiary/aromatic N) is 1. The highest BCUT2D eigenvalue weighted by molar-refractivity contribution is 6.32. The van der Waals surface area contributed by atoms with Crippen molar-refractivity contribution in [3.05, 3.63) is 107 Å². The molecule has 1 aliphatic heterocycles. The molecule has 210 valence electrons. The van der Waals surface area contributed by atoms with Crippen LogP contribution in [0.3, 0.4) is 0 Å². The number of benzene rings is 4. The van der Waals surface area contributed by atoms with Crippen LogP contribution < -0.4 is 29.2 Å². The van der Waals surface area contributed by atoms with Gasteiger partial charge in [0.1, 0.15) is 23.0 Å². The third-order valence-corrected chi connectivity index (χ3v) is 7.46. The molecule has 0 fully saturated rings. The number of amides is 2. The number of hydrogen-bond donors (Lipinski definition) is 1. The third kappa shape index (κ3) is 5.26. The molecule has 0 spiro atoms. The molecular weight excluding hydrogens is 544 g/mol. The van der Waals surface area contributed by atoms with Gasteiger partial charge in [0, 0.05) is 17.3 Å². The largest absolute Gasteiger partial charge is 0.497 e. The molecule has 0 saturated heterocycles. The number of nitrogens with one attached hydrogen (secondary N) is 1. The summed E-state index contributed by atoms with van der Waals surface area (Å²) in [6, 6.07) is 24.2. The smallest absolute Gasteiger partial charge is 0.259 e. The zero-order valence-electron chi connectivity index (χ0n) is 23.0. The van der Waals surface area contributed by atoms with E-state index in [-0.39, 0.29) is 11.8 Å². The maximum absolute atomic E-state index is 14.3. The molecule has 0 aliphatic carbocycles. The van der Waals surface area contributed by atoms with Crippen molar-refractivity contribution in [1.82, 2.24) is 0 Å². The molecule has 2 amide bonds. The second-order valence-electron chi connectivity index (χ2n) is 9.33. The van der Waals surface area contributed by atoms with Gasteiger partial charge in [0.25, 0.3) is 5.91 Å². The predicted octanol–water partition coefficient (Wildman–Crippen LogP) is 6.50. The molecule has 2 atom stereocenters. The molecule has 4 aromatic rings. The Morgan fingerprint density at radius 1 is 0.780 bits per heavy atom. The summed E-state index contributed by atoms with van der Waals surface area (Å²) >= 11 is 6.40. The van der Waals surface area contributed by atoms with E-state index < -0.39 is 12.0 Å². The molecule has 9 heteroatoms. The van der Waals surface area contributed by atoms with E-state index in [9.17, 15) is 9.59 Å². The number of carbonyl (C=O) groups is 2. The van der Waals surface area contributed by atoms with Gasteiger partial charge in [-0.3, -0.25) is 14.5 Å². The molecule has 0 bridgehead atoms. The van der Waals surface area contributed by atoms with Gasteiger partial charge < -0.3 is 24.3 Å². The lowest BCUT2D eigenvalue weighted by Crippen LogP contribution is -2.46. The Bertz CT molecular complexity index is 1570. The molecule has 0 unspecified atom stereocenters. The van der Waals surface area contributed by atoms with E-state index in [0.717, 1.165) is 5.56 Å². The Kier molecular flexibility index (Phi) is 8.03. The van der Waals surface area contributed by atoms with Crippen LogP contribution in [0.2, 0.25) is 5.02 Å². The highest BCUT2D eigenvalue weighted by Crippen LogP contribution is 2.46. The van der Waals surface area contributed by atoms with Crippen molar-refractivity contribution in [1.29, 1.82) is 0 Å². The van der Waals surface area contributed by atoms with Gasteiger partial charge >= 0.3 is 0 Å². The van der Waals surface area contributed by atoms with E-state index in [1.165, 1.54) is 14.2 Å². The van der Waals surface area contributed by atoms with Gasteiger partial charge in [0.05, 0.1) is 51.1 Å². The van der Waals surface area contributed by atoms with Crippen LogP contribution in [0.25, 0.3) is 0 Å². The van der Waals surface area contributed by atoms with Crippen LogP contribution in [0.5, 0.6) is 23.0 Å². The normalized spacial score (nSPS) is 16.0. The van der Waals surface area contributed by atoms with Gasteiger partial charge in [-0.1, -0.05) is 41.9 Å². The lowest BCUT2D eigenvalue weighted by atomic mass is 9.78. The van der Waals surface area contributed by atoms with Crippen molar-refractivity contribution in [2.75, 3.05) is 38.7 Å². The van der Waals surface area contributed by atoms with Gasteiger partial charge in [0.15, 0.2) is 0 Å². The van der Waals surface area contributed by atoms with Gasteiger partial charge in [-0.15, -0.1) is 0 Å². The Labute approximate surface area is 243 Å². The van der Waals surface area contributed by atoms with E-state index in [2.05, 4.69) is 5.32 Å². The van der Waals surface area contributed by atoms with Crippen molar-refractivity contribution in [3.8, 4) is 23.0 Å². The van der Waals surface area contributed by atoms with Crippen molar-refractivity contribution in [2.45, 2.75) is 12.0 Å². The fourth-order valence-corrected chi connectivity index (χ4v) is 5.40. The Morgan fingerprint density at radius 2 is 1.39 bits per heavy atom. The molecule has 1 N–H and O–H groups in total. The van der Waals surface area contributed by atoms with Crippen molar-refractivity contribution in [3.63, 3.8) is 0 Å². The molecule has 41 heavy (non-hydrogen) atoms. The van der Waals surface area contributed by atoms with Crippen molar-refractivity contribution in [2.24, 2.45) is 0 Å². The maximum Gasteiger partial charge on any atom is 0.259 e. The molecule has 0 aromatic heterocycles. The topological polar surface area (TPSA) is 86.3 Å². The first-order chi connectivity index (χ1) is 19.9. The van der Waals surface area contributed by atoms with E-state index in [1.54, 1.807) is 55.5 Å². The van der Waals surface area contributed by atoms with Crippen LogP contribution in [0.15, 0.2) is 84.9 Å². The maximum atomic E-state index is 14.3. The number of fused-ring (bicyclic) bond motifs is 1. The van der Waals surface area contributed by atoms with Gasteiger partial charge in [0.2, 0.25) is 5.91 Å². The molecule has 4 aromatic carbocycles. The zero-order chi connectivity index (χ0) is 29.1. The number of methoxy groups -OCH3 is 4. The molecule has 1 aliphatic rings. The highest BCUT2D eigenvalue weighted by atomic mass is 35.5. The Hall–Kier alpha value is -4.69. The molecule has 8 nitrogen and oxygen atoms in total. The molecule has 0 radical (unpaired) electrons. The molecular formula is C32H29ClN2O6. The summed E-state index contributed by atoms with van der Waals surface area (Å²) in [5.41, 5.74) is 2.80. The van der Waals surface area contributed by atoms with Crippen LogP contribution in [0.1, 0.15) is 33.4 Å². The molecule has 0 saturated carbocycles. The van der Waals surface area contributed by atoms with E-state index in [0.29, 0.717) is 50.5 Å². The quantitative estimate of drug-likeness (QED) is 0.259. The first-order valence-electron chi connectivity index (χ1n) is 12.8. The summed E-state index contributed by atoms with van der Waals surface area (Å²) in [4.78, 5) is 30.1. The average Bonchev–Trinajstić information content (AvgIpc) is 3.01. The zero-order valence-corrected chi connectivity index (χ0v) is 23.8. The van der Waals surface area contributed by atoms with Crippen LogP contribution in [0, 0.1) is 0 Å². The number of hydrogen-bond acceptors (Lipinski definition) is 6. The lowest BCUT2D eigenvalue weighted by molar-refractivity contribution is -0.118. The average molecular weight is 573 g/mol. The highest BCUT2D eigenvalue weighted by Gasteiger charge is 2.45. The van der Waals surface area contributed by atoms with E-state index in [1.807, 2.05) is 48.5 Å². The number of rotatable bonds is 8. The summed E-state index contributed by atoms with van der Waals surface area (Å²) in [6.07, 6.45) is 0. The Balaban J connectivity index is 1.68. The van der Waals surface area contributed by atoms with Gasteiger partial charge in [-0.05, 0) is 59.7 Å². The predicted molar refractivity (Wildman–Crippen MR) is 158 cm³/mol. The summed E-state index contributed by atoms with van der Waals surface area (Å²) < 4.78 is 21.5. The van der Waals surface area contributed by atoms with E-state index >= 15 is 0 Å². The number of carbonyl (C=O) groups excluding carboxylic acids is 2. The number of anilines is 2.